The minimum absolute atomic E-state index is 0.690. The number of aliphatic hydroxyl groups excluding tert-OH is 11. The molecule has 0 radical (unpaired) electrons. The Morgan fingerprint density at radius 2 is 0.980 bits per heavy atom. The van der Waals surface area contributed by atoms with Crippen LogP contribution in [0.2, 0.25) is 0 Å². The number of rotatable bonds is 11. The number of hydrogen-bond donors (Lipinski definition) is 13. The molecule has 22 nitrogen and oxygen atoms in total. The van der Waals surface area contributed by atoms with Gasteiger partial charge in [-0.3, -0.25) is 9.59 Å². The van der Waals surface area contributed by atoms with Crippen LogP contribution in [0.1, 0.15) is 20.8 Å². The first kappa shape index (κ1) is 41.0. The number of carbonyl (C=O) groups is 2. The van der Waals surface area contributed by atoms with Crippen molar-refractivity contribution in [3.8, 4) is 0 Å². The number of carbonyl (C=O) groups excluding carboxylic acids is 2. The quantitative estimate of drug-likeness (QED) is 0.0938. The van der Waals surface area contributed by atoms with Crippen LogP contribution in [-0.4, -0.2) is 211 Å². The predicted octanol–water partition coefficient (Wildman–Crippen LogP) is -8.43. The molecular formula is C28H48N2O20. The van der Waals surface area contributed by atoms with Crippen LogP contribution in [0.4, 0.5) is 0 Å². The first-order chi connectivity index (χ1) is 23.5. The van der Waals surface area contributed by atoms with Gasteiger partial charge in [-0.1, -0.05) is 0 Å². The third-order valence-electron chi connectivity index (χ3n) is 8.97. The molecule has 4 aliphatic rings. The van der Waals surface area contributed by atoms with Crippen molar-refractivity contribution in [1.82, 2.24) is 10.6 Å². The molecule has 20 atom stereocenters. The van der Waals surface area contributed by atoms with Gasteiger partial charge < -0.3 is 100.0 Å². The van der Waals surface area contributed by atoms with Crippen molar-refractivity contribution in [3.05, 3.63) is 0 Å². The summed E-state index contributed by atoms with van der Waals surface area (Å²) in [7, 11) is 0. The molecule has 4 fully saturated rings. The predicted molar refractivity (Wildman–Crippen MR) is 156 cm³/mol. The standard InChI is InChI=1S/C28H48N2O20/c1-7-15(36)18(39)20(41)27(44-7)50-24-14(30-9(3)35)26(49-23-13(29-8(2)34)25(43)45-11(5-32)17(23)38)47-12(6-33)22(24)48-28-21(42)19(40)16(37)10(4-31)46-28/h7,10-28,31-33,36-43H,4-6H2,1-3H3,(H,29,34)(H,30,35)/t7-,10+,11+,12+,13+,14+,15+,16-,17+,18+,19-,20-,21+,22+,23+,24+,25+,26-,27-,28-/m0/s1. The second-order valence-corrected chi connectivity index (χ2v) is 12.6. The van der Waals surface area contributed by atoms with Gasteiger partial charge in [-0.25, -0.2) is 0 Å². The van der Waals surface area contributed by atoms with Crippen molar-refractivity contribution in [2.45, 2.75) is 143 Å². The van der Waals surface area contributed by atoms with Crippen LogP contribution >= 0.6 is 0 Å². The average molecular weight is 733 g/mol. The molecule has 4 rings (SSSR count). The highest BCUT2D eigenvalue weighted by molar-refractivity contribution is 5.73. The number of nitrogens with one attached hydrogen (secondary N) is 2. The van der Waals surface area contributed by atoms with Crippen molar-refractivity contribution in [2.75, 3.05) is 19.8 Å². The first-order valence-electron chi connectivity index (χ1n) is 15.9. The Bertz CT molecular complexity index is 1120. The van der Waals surface area contributed by atoms with Gasteiger partial charge in [-0.15, -0.1) is 0 Å². The van der Waals surface area contributed by atoms with Crippen molar-refractivity contribution < 1.29 is 98.9 Å². The highest BCUT2D eigenvalue weighted by atomic mass is 16.8. The van der Waals surface area contributed by atoms with E-state index in [1.54, 1.807) is 0 Å². The Morgan fingerprint density at radius 1 is 0.520 bits per heavy atom. The van der Waals surface area contributed by atoms with Gasteiger partial charge in [-0.05, 0) is 6.92 Å². The molecule has 2 amide bonds. The van der Waals surface area contributed by atoms with Crippen LogP contribution in [0, 0.1) is 0 Å². The van der Waals surface area contributed by atoms with E-state index < -0.39 is 154 Å². The maximum Gasteiger partial charge on any atom is 0.217 e. The summed E-state index contributed by atoms with van der Waals surface area (Å²) in [6.07, 6.45) is -30.6. The summed E-state index contributed by atoms with van der Waals surface area (Å²) in [5.74, 6) is -1.45. The van der Waals surface area contributed by atoms with Crippen LogP contribution in [-0.2, 0) is 42.7 Å². The third kappa shape index (κ3) is 8.70. The van der Waals surface area contributed by atoms with E-state index in [9.17, 15) is 65.8 Å². The summed E-state index contributed by atoms with van der Waals surface area (Å²) in [5.41, 5.74) is 0. The van der Waals surface area contributed by atoms with Crippen LogP contribution in [0.5, 0.6) is 0 Å². The van der Waals surface area contributed by atoms with Gasteiger partial charge in [0.1, 0.15) is 91.4 Å². The number of ether oxygens (including phenoxy) is 7. The van der Waals surface area contributed by atoms with E-state index in [2.05, 4.69) is 10.6 Å². The van der Waals surface area contributed by atoms with Gasteiger partial charge in [0, 0.05) is 13.8 Å². The summed E-state index contributed by atoms with van der Waals surface area (Å²) >= 11 is 0. The zero-order chi connectivity index (χ0) is 37.2. The molecule has 0 unspecified atom stereocenters. The summed E-state index contributed by atoms with van der Waals surface area (Å²) in [4.78, 5) is 24.6. The summed E-state index contributed by atoms with van der Waals surface area (Å²) < 4.78 is 40.3. The molecule has 290 valence electrons. The molecule has 4 aliphatic heterocycles. The molecule has 0 aromatic rings. The lowest BCUT2D eigenvalue weighted by Crippen LogP contribution is -2.71. The molecule has 0 bridgehead atoms. The lowest BCUT2D eigenvalue weighted by molar-refractivity contribution is -0.381. The number of amides is 2. The SMILES string of the molecule is CC(=O)N[C@@H]1[C@@H](O[C@@H]2O[C@H](CO)[C@@H](O[C@@H]3O[C@H](CO)[C@H](O)[C@H](O)[C@H]3O)[C@H](O[C@@H]3O[C@@H](C)[C@@H](O)[C@@H](O)[C@@H]3O)[C@H]2NC(C)=O)[C@H](O)[C@@H](CO)O[C@H]1O. The second kappa shape index (κ2) is 17.4. The topological polar surface area (TPSA) is 345 Å². The summed E-state index contributed by atoms with van der Waals surface area (Å²) in [6, 6.07) is -3.11. The monoisotopic (exact) mass is 732 g/mol. The molecule has 0 aromatic carbocycles. The Kier molecular flexibility index (Phi) is 14.2. The highest BCUT2D eigenvalue weighted by Gasteiger charge is 2.56. The van der Waals surface area contributed by atoms with Gasteiger partial charge >= 0.3 is 0 Å². The minimum Gasteiger partial charge on any atom is -0.394 e. The Labute approximate surface area is 285 Å². The fourth-order valence-corrected chi connectivity index (χ4v) is 6.29. The van der Waals surface area contributed by atoms with E-state index >= 15 is 0 Å². The molecule has 22 heteroatoms. The molecule has 13 N–H and O–H groups in total. The van der Waals surface area contributed by atoms with E-state index in [-0.39, 0.29) is 0 Å². The Morgan fingerprint density at radius 3 is 1.54 bits per heavy atom. The summed E-state index contributed by atoms with van der Waals surface area (Å²) in [6.45, 7) is 0.947. The lowest BCUT2D eigenvalue weighted by Gasteiger charge is -2.51. The smallest absolute Gasteiger partial charge is 0.217 e. The Hall–Kier alpha value is -1.78. The third-order valence-corrected chi connectivity index (χ3v) is 8.97. The molecule has 0 aliphatic carbocycles. The Balaban J connectivity index is 1.76. The number of hydrogen-bond acceptors (Lipinski definition) is 20. The van der Waals surface area contributed by atoms with Crippen LogP contribution in [0.3, 0.4) is 0 Å². The van der Waals surface area contributed by atoms with E-state index in [0.29, 0.717) is 0 Å². The van der Waals surface area contributed by atoms with Crippen LogP contribution < -0.4 is 10.6 Å². The molecule has 4 heterocycles. The van der Waals surface area contributed by atoms with E-state index in [1.807, 2.05) is 0 Å². The zero-order valence-electron chi connectivity index (χ0n) is 27.3. The maximum absolute atomic E-state index is 12.6. The fraction of sp³-hybridized carbons (Fsp3) is 0.929. The maximum atomic E-state index is 12.6. The zero-order valence-corrected chi connectivity index (χ0v) is 27.3. The average Bonchev–Trinajstić information content (AvgIpc) is 3.07. The summed E-state index contributed by atoms with van der Waals surface area (Å²) in [5, 5.41) is 119. The van der Waals surface area contributed by atoms with Gasteiger partial charge in [-0.2, -0.15) is 0 Å². The van der Waals surface area contributed by atoms with Crippen LogP contribution in [0.15, 0.2) is 0 Å². The molecule has 4 saturated heterocycles. The largest absolute Gasteiger partial charge is 0.394 e. The molecular weight excluding hydrogens is 684 g/mol. The molecule has 0 aromatic heterocycles. The minimum atomic E-state index is -1.97. The van der Waals surface area contributed by atoms with Gasteiger partial charge in [0.05, 0.1) is 25.9 Å². The van der Waals surface area contributed by atoms with E-state index in [0.717, 1.165) is 13.8 Å². The van der Waals surface area contributed by atoms with Gasteiger partial charge in [0.2, 0.25) is 11.8 Å². The first-order valence-corrected chi connectivity index (χ1v) is 15.9. The molecule has 0 spiro atoms. The van der Waals surface area contributed by atoms with Gasteiger partial charge in [0.25, 0.3) is 0 Å². The van der Waals surface area contributed by atoms with E-state index in [1.165, 1.54) is 6.92 Å². The highest BCUT2D eigenvalue weighted by Crippen LogP contribution is 2.35. The molecule has 0 saturated carbocycles. The fourth-order valence-electron chi connectivity index (χ4n) is 6.29. The van der Waals surface area contributed by atoms with Crippen molar-refractivity contribution in [3.63, 3.8) is 0 Å². The van der Waals surface area contributed by atoms with Crippen molar-refractivity contribution >= 4 is 11.8 Å². The van der Waals surface area contributed by atoms with Crippen molar-refractivity contribution in [1.29, 1.82) is 0 Å². The van der Waals surface area contributed by atoms with Gasteiger partial charge in [0.15, 0.2) is 25.2 Å². The lowest BCUT2D eigenvalue weighted by atomic mass is 9.93. The molecule has 50 heavy (non-hydrogen) atoms. The second-order valence-electron chi connectivity index (χ2n) is 12.6. The van der Waals surface area contributed by atoms with Crippen LogP contribution in [0.25, 0.3) is 0 Å². The van der Waals surface area contributed by atoms with E-state index in [4.69, 9.17) is 33.2 Å². The normalized spacial score (nSPS) is 48.5. The van der Waals surface area contributed by atoms with Crippen molar-refractivity contribution in [2.24, 2.45) is 0 Å². The number of aliphatic hydroxyl groups is 11.